The van der Waals surface area contributed by atoms with Crippen molar-refractivity contribution in [2.75, 3.05) is 48.4 Å². The van der Waals surface area contributed by atoms with Crippen molar-refractivity contribution in [3.8, 4) is 0 Å². The van der Waals surface area contributed by atoms with Crippen molar-refractivity contribution in [1.82, 2.24) is 24.8 Å². The lowest BCUT2D eigenvalue weighted by molar-refractivity contribution is -0.202. The Kier molecular flexibility index (Phi) is 7.52. The van der Waals surface area contributed by atoms with E-state index < -0.39 is 36.9 Å². The number of fused-ring (bicyclic) bond motifs is 2. The molecule has 2 saturated heterocycles. The van der Waals surface area contributed by atoms with Crippen LogP contribution in [0.1, 0.15) is 50.9 Å². The van der Waals surface area contributed by atoms with Gasteiger partial charge in [-0.3, -0.25) is 15.1 Å². The van der Waals surface area contributed by atoms with Gasteiger partial charge in [0.15, 0.2) is 18.5 Å². The van der Waals surface area contributed by atoms with Gasteiger partial charge in [0, 0.05) is 19.6 Å². The normalized spacial score (nSPS) is 25.4. The van der Waals surface area contributed by atoms with Gasteiger partial charge in [-0.25, -0.2) is 19.9 Å². The number of nitrogens with two attached hydrogens (primary N) is 1. The first-order valence-corrected chi connectivity index (χ1v) is 14.3. The minimum atomic E-state index is -4.60. The molecule has 2 aromatic heterocycles. The van der Waals surface area contributed by atoms with E-state index >= 15 is 0 Å². The highest BCUT2D eigenvalue weighted by atomic mass is 19.4. The molecule has 1 amide bonds. The molecule has 43 heavy (non-hydrogen) atoms. The third-order valence-corrected chi connectivity index (χ3v) is 8.41. The van der Waals surface area contributed by atoms with E-state index in [4.69, 9.17) is 25.4 Å². The second-order valence-electron chi connectivity index (χ2n) is 11.5. The quantitative estimate of drug-likeness (QED) is 0.390. The number of aromatic nitrogens is 4. The SMILES string of the molecule is C[C@@H]1CN(c2ncc(N3C(=O)C4(CCCC4)c4c(N)nc(COC(=N)N5CCOC[C@H]5C(F)(F)F)nc43)cn2)C[C@H](C)O1. The standard InChI is InChI=1S/C27H34F3N9O4/c1-15-11-37(12-16(2)43-15)25-33-9-17(10-34-25)39-22-20(26(23(39)40)5-3-4-6-26)21(31)35-19(36-22)14-42-24(32)38-7-8-41-13-18(38)27(28,29)30/h9-10,15-16,18,32H,3-8,11-14H2,1-2H3,(H2,31,35,36)/t15-,16+,18-/m0/s1. The molecule has 16 heteroatoms. The zero-order valence-electron chi connectivity index (χ0n) is 23.9. The van der Waals surface area contributed by atoms with E-state index in [0.717, 1.165) is 17.7 Å². The molecule has 3 N–H and O–H groups in total. The highest BCUT2D eigenvalue weighted by molar-refractivity contribution is 6.13. The molecular formula is C27H34F3N9O4. The second kappa shape index (κ2) is 11.0. The van der Waals surface area contributed by atoms with Crippen LogP contribution in [0.15, 0.2) is 12.4 Å². The molecule has 1 spiro atoms. The molecule has 3 atom stereocenters. The van der Waals surface area contributed by atoms with Gasteiger partial charge in [-0.1, -0.05) is 12.8 Å². The van der Waals surface area contributed by atoms with Crippen molar-refractivity contribution in [3.63, 3.8) is 0 Å². The Bertz CT molecular complexity index is 1380. The molecule has 0 bridgehead atoms. The first-order valence-electron chi connectivity index (χ1n) is 14.3. The van der Waals surface area contributed by atoms with E-state index in [9.17, 15) is 18.0 Å². The van der Waals surface area contributed by atoms with Crippen molar-refractivity contribution >= 4 is 35.2 Å². The van der Waals surface area contributed by atoms with E-state index in [1.165, 1.54) is 4.90 Å². The van der Waals surface area contributed by atoms with Crippen molar-refractivity contribution in [2.24, 2.45) is 0 Å². The fourth-order valence-corrected chi connectivity index (χ4v) is 6.57. The lowest BCUT2D eigenvalue weighted by Crippen LogP contribution is -2.55. The molecule has 4 aliphatic rings. The molecular weight excluding hydrogens is 571 g/mol. The number of hydrogen-bond donors (Lipinski definition) is 2. The zero-order chi connectivity index (χ0) is 30.5. The number of alkyl halides is 3. The Morgan fingerprint density at radius 3 is 2.49 bits per heavy atom. The predicted octanol–water partition coefficient (Wildman–Crippen LogP) is 2.67. The summed E-state index contributed by atoms with van der Waals surface area (Å²) < 4.78 is 56.7. The van der Waals surface area contributed by atoms with E-state index in [0.29, 0.717) is 43.1 Å². The molecule has 2 aromatic rings. The van der Waals surface area contributed by atoms with Gasteiger partial charge in [-0.05, 0) is 26.7 Å². The third-order valence-electron chi connectivity index (χ3n) is 8.41. The number of rotatable bonds is 4. The number of amides is 1. The monoisotopic (exact) mass is 605 g/mol. The molecule has 232 valence electrons. The van der Waals surface area contributed by atoms with Crippen LogP contribution in [0.4, 0.5) is 36.4 Å². The largest absolute Gasteiger partial charge is 0.457 e. The summed E-state index contributed by atoms with van der Waals surface area (Å²) in [5, 5.41) is 8.18. The van der Waals surface area contributed by atoms with E-state index in [1.54, 1.807) is 12.4 Å². The van der Waals surface area contributed by atoms with Gasteiger partial charge < -0.3 is 29.7 Å². The van der Waals surface area contributed by atoms with Crippen molar-refractivity contribution < 1.29 is 32.2 Å². The van der Waals surface area contributed by atoms with Crippen LogP contribution in [-0.2, 0) is 31.0 Å². The van der Waals surface area contributed by atoms with Gasteiger partial charge >= 0.3 is 6.18 Å². The summed E-state index contributed by atoms with van der Waals surface area (Å²) in [6.45, 7) is 4.10. The highest BCUT2D eigenvalue weighted by Crippen LogP contribution is 2.54. The number of nitrogen functional groups attached to an aromatic ring is 1. The van der Waals surface area contributed by atoms with Crippen LogP contribution in [0.25, 0.3) is 0 Å². The molecule has 3 fully saturated rings. The van der Waals surface area contributed by atoms with Gasteiger partial charge in [0.05, 0.1) is 54.5 Å². The Morgan fingerprint density at radius 1 is 1.16 bits per heavy atom. The maximum absolute atomic E-state index is 14.1. The minimum absolute atomic E-state index is 0.0191. The number of nitrogens with zero attached hydrogens (tertiary/aromatic N) is 7. The Hall–Kier alpha value is -3.79. The number of carbonyl (C=O) groups excluding carboxylic acids is 1. The predicted molar refractivity (Wildman–Crippen MR) is 148 cm³/mol. The van der Waals surface area contributed by atoms with Crippen LogP contribution in [-0.4, -0.2) is 94.0 Å². The fourth-order valence-electron chi connectivity index (χ4n) is 6.57. The maximum atomic E-state index is 14.1. The fraction of sp³-hybridized carbons (Fsp3) is 0.630. The summed E-state index contributed by atoms with van der Waals surface area (Å²) in [4.78, 5) is 36.4. The van der Waals surface area contributed by atoms with Crippen molar-refractivity contribution in [1.29, 1.82) is 5.41 Å². The van der Waals surface area contributed by atoms with E-state index in [2.05, 4.69) is 19.9 Å². The number of halogens is 3. The van der Waals surface area contributed by atoms with Crippen molar-refractivity contribution in [3.05, 3.63) is 23.8 Å². The second-order valence-corrected chi connectivity index (χ2v) is 11.5. The minimum Gasteiger partial charge on any atom is -0.457 e. The molecule has 3 aliphatic heterocycles. The Balaban J connectivity index is 1.28. The summed E-state index contributed by atoms with van der Waals surface area (Å²) in [7, 11) is 0. The van der Waals surface area contributed by atoms with Crippen LogP contribution >= 0.6 is 0 Å². The van der Waals surface area contributed by atoms with E-state index in [1.807, 2.05) is 18.7 Å². The van der Waals surface area contributed by atoms with Gasteiger partial charge in [0.2, 0.25) is 11.9 Å². The topological polar surface area (TPSA) is 156 Å². The van der Waals surface area contributed by atoms with Crippen molar-refractivity contribution in [2.45, 2.75) is 76.0 Å². The smallest absolute Gasteiger partial charge is 0.411 e. The average molecular weight is 606 g/mol. The highest BCUT2D eigenvalue weighted by Gasteiger charge is 2.55. The van der Waals surface area contributed by atoms with Crippen LogP contribution in [0, 0.1) is 5.41 Å². The van der Waals surface area contributed by atoms with Gasteiger partial charge in [0.25, 0.3) is 6.02 Å². The molecule has 0 aromatic carbocycles. The van der Waals surface area contributed by atoms with Crippen LogP contribution < -0.4 is 15.5 Å². The first-order chi connectivity index (χ1) is 20.5. The number of amidine groups is 1. The number of carbonyl (C=O) groups is 1. The summed E-state index contributed by atoms with van der Waals surface area (Å²) in [5.74, 6) is 0.719. The lowest BCUT2D eigenvalue weighted by atomic mass is 9.80. The maximum Gasteiger partial charge on any atom is 0.411 e. The number of nitrogens with one attached hydrogen (secondary N) is 1. The Labute approximate surface area is 246 Å². The number of anilines is 4. The summed E-state index contributed by atoms with van der Waals surface area (Å²) in [5.41, 5.74) is 6.50. The third kappa shape index (κ3) is 5.30. The van der Waals surface area contributed by atoms with Gasteiger partial charge in [-0.2, -0.15) is 13.2 Å². The lowest BCUT2D eigenvalue weighted by Gasteiger charge is -2.37. The van der Waals surface area contributed by atoms with E-state index in [-0.39, 0.29) is 48.7 Å². The molecule has 1 aliphatic carbocycles. The van der Waals surface area contributed by atoms with Gasteiger partial charge in [0.1, 0.15) is 11.6 Å². The van der Waals surface area contributed by atoms with Crippen LogP contribution in [0.5, 0.6) is 0 Å². The number of ether oxygens (including phenoxy) is 3. The molecule has 0 unspecified atom stereocenters. The van der Waals surface area contributed by atoms with Crippen LogP contribution in [0.2, 0.25) is 0 Å². The molecule has 6 rings (SSSR count). The first kappa shape index (κ1) is 29.3. The van der Waals surface area contributed by atoms with Gasteiger partial charge in [-0.15, -0.1) is 0 Å². The number of hydrogen-bond acceptors (Lipinski definition) is 11. The summed E-state index contributed by atoms with van der Waals surface area (Å²) in [6.07, 6.45) is 1.43. The molecule has 1 saturated carbocycles. The number of morpholine rings is 2. The summed E-state index contributed by atoms with van der Waals surface area (Å²) in [6, 6.07) is -2.67. The molecule has 13 nitrogen and oxygen atoms in total. The average Bonchev–Trinajstić information content (AvgIpc) is 3.54. The molecule has 5 heterocycles. The molecule has 0 radical (unpaired) electrons. The van der Waals surface area contributed by atoms with Crippen LogP contribution in [0.3, 0.4) is 0 Å². The summed E-state index contributed by atoms with van der Waals surface area (Å²) >= 11 is 0. The zero-order valence-corrected chi connectivity index (χ0v) is 23.9. The Morgan fingerprint density at radius 2 is 1.84 bits per heavy atom.